The maximum absolute atomic E-state index is 13.6. The maximum atomic E-state index is 13.6. The standard InChI is InChI=1S/C51H79NO6Si/c1-9-10-11-12-13-14-15-16-17-18-19-20-21-22-23-30-35-47(53)48(56-40-42-36-38-43(55-8)39-37-42)46(52-49(54)58-50(2,3)4)41-57-59(51(5,6)7,44-31-26-24-27-32-44)45-33-28-25-29-34-45/h20-21,24-29,31-34,36-39,46-48,53H,9-19,22-23,30,35,40-41H2,1-8H3,(H,52,54)/b21-20-/t46-,47+,48-/m0/s1. The first-order valence-corrected chi connectivity index (χ1v) is 24.5. The van der Waals surface area contributed by atoms with E-state index in [0.717, 1.165) is 47.4 Å². The van der Waals surface area contributed by atoms with Crippen LogP contribution in [0.4, 0.5) is 4.79 Å². The highest BCUT2D eigenvalue weighted by Crippen LogP contribution is 2.37. The lowest BCUT2D eigenvalue weighted by Gasteiger charge is -2.44. The van der Waals surface area contributed by atoms with Gasteiger partial charge in [-0.3, -0.25) is 0 Å². The number of aliphatic hydroxyl groups excluding tert-OH is 1. The van der Waals surface area contributed by atoms with Crippen molar-refractivity contribution >= 4 is 24.8 Å². The molecule has 0 saturated carbocycles. The zero-order chi connectivity index (χ0) is 43.0. The molecule has 0 radical (unpaired) electrons. The van der Waals surface area contributed by atoms with Gasteiger partial charge in [0.1, 0.15) is 17.5 Å². The minimum absolute atomic E-state index is 0.110. The number of ether oxygens (including phenoxy) is 3. The van der Waals surface area contributed by atoms with Crippen molar-refractivity contribution in [1.29, 1.82) is 0 Å². The number of hydrogen-bond acceptors (Lipinski definition) is 6. The summed E-state index contributed by atoms with van der Waals surface area (Å²) < 4.78 is 25.2. The van der Waals surface area contributed by atoms with Gasteiger partial charge in [-0.05, 0) is 86.0 Å². The SMILES string of the molecule is CCCCCCCCCCCC/C=C\CCCC[C@@H](O)[C@@H](OCc1ccc(OC)cc1)[C@H](CO[Si](c1ccccc1)(c1ccccc1)C(C)(C)C)NC(=O)OC(C)(C)C. The highest BCUT2D eigenvalue weighted by atomic mass is 28.4. The fraction of sp³-hybridized carbons (Fsp3) is 0.588. The van der Waals surface area contributed by atoms with Crippen LogP contribution in [-0.4, -0.2) is 57.1 Å². The Morgan fingerprint density at radius 1 is 0.712 bits per heavy atom. The van der Waals surface area contributed by atoms with Crippen LogP contribution in [0.15, 0.2) is 97.1 Å². The summed E-state index contributed by atoms with van der Waals surface area (Å²) in [5.74, 6) is 0.756. The molecule has 3 aromatic carbocycles. The van der Waals surface area contributed by atoms with Crippen molar-refractivity contribution in [2.75, 3.05) is 13.7 Å². The van der Waals surface area contributed by atoms with Gasteiger partial charge in [-0.25, -0.2) is 4.79 Å². The Balaban J connectivity index is 1.78. The predicted octanol–water partition coefficient (Wildman–Crippen LogP) is 11.8. The predicted molar refractivity (Wildman–Crippen MR) is 248 cm³/mol. The molecule has 0 aliphatic heterocycles. The van der Waals surface area contributed by atoms with Gasteiger partial charge in [-0.1, -0.05) is 177 Å². The lowest BCUT2D eigenvalue weighted by molar-refractivity contribution is -0.0753. The molecule has 0 bridgehead atoms. The van der Waals surface area contributed by atoms with Crippen LogP contribution in [0.5, 0.6) is 5.75 Å². The molecule has 0 saturated heterocycles. The topological polar surface area (TPSA) is 86.3 Å². The Morgan fingerprint density at radius 3 is 1.71 bits per heavy atom. The summed E-state index contributed by atoms with van der Waals surface area (Å²) in [4.78, 5) is 13.6. The summed E-state index contributed by atoms with van der Waals surface area (Å²) in [5, 5.41) is 17.1. The summed E-state index contributed by atoms with van der Waals surface area (Å²) >= 11 is 0. The van der Waals surface area contributed by atoms with Crippen LogP contribution in [0.3, 0.4) is 0 Å². The number of allylic oxidation sites excluding steroid dienone is 2. The van der Waals surface area contributed by atoms with Crippen molar-refractivity contribution in [2.24, 2.45) is 0 Å². The van der Waals surface area contributed by atoms with E-state index in [2.05, 4.69) is 93.7 Å². The molecule has 0 aromatic heterocycles. The number of carbonyl (C=O) groups is 1. The number of rotatable bonds is 28. The van der Waals surface area contributed by atoms with Gasteiger partial charge in [0.15, 0.2) is 0 Å². The molecule has 8 heteroatoms. The van der Waals surface area contributed by atoms with E-state index in [0.29, 0.717) is 6.42 Å². The molecule has 0 aliphatic carbocycles. The van der Waals surface area contributed by atoms with Gasteiger partial charge in [0, 0.05) is 0 Å². The average Bonchev–Trinajstić information content (AvgIpc) is 3.20. The molecule has 328 valence electrons. The first-order chi connectivity index (χ1) is 28.3. The zero-order valence-electron chi connectivity index (χ0n) is 38.0. The van der Waals surface area contributed by atoms with E-state index < -0.39 is 38.3 Å². The molecule has 2 N–H and O–H groups in total. The second kappa shape index (κ2) is 26.7. The quantitative estimate of drug-likeness (QED) is 0.0431. The van der Waals surface area contributed by atoms with Crippen LogP contribution in [0, 0.1) is 0 Å². The second-order valence-corrected chi connectivity index (χ2v) is 22.5. The smallest absolute Gasteiger partial charge is 0.408 e. The molecule has 0 unspecified atom stereocenters. The lowest BCUT2D eigenvalue weighted by atomic mass is 10.00. The fourth-order valence-electron chi connectivity index (χ4n) is 7.83. The molecular formula is C51H79NO6Si. The monoisotopic (exact) mass is 830 g/mol. The third-order valence-electron chi connectivity index (χ3n) is 11.0. The molecule has 0 heterocycles. The fourth-order valence-corrected chi connectivity index (χ4v) is 12.4. The summed E-state index contributed by atoms with van der Waals surface area (Å²) in [7, 11) is -1.36. The van der Waals surface area contributed by atoms with Crippen molar-refractivity contribution in [3.05, 3.63) is 103 Å². The van der Waals surface area contributed by atoms with E-state index in [-0.39, 0.29) is 18.3 Å². The Bertz CT molecular complexity index is 1530. The number of aliphatic hydroxyl groups is 1. The van der Waals surface area contributed by atoms with E-state index in [1.165, 1.54) is 64.2 Å². The number of carbonyl (C=O) groups excluding carboxylic acids is 1. The summed E-state index contributed by atoms with van der Waals surface area (Å²) in [5.41, 5.74) is 0.214. The van der Waals surface area contributed by atoms with E-state index in [1.807, 2.05) is 57.2 Å². The molecule has 0 spiro atoms. The number of nitrogens with one attached hydrogen (secondary N) is 1. The third-order valence-corrected chi connectivity index (χ3v) is 16.0. The van der Waals surface area contributed by atoms with E-state index in [1.54, 1.807) is 7.11 Å². The molecule has 59 heavy (non-hydrogen) atoms. The lowest BCUT2D eigenvalue weighted by Crippen LogP contribution is -2.68. The normalized spacial score (nSPS) is 13.9. The minimum atomic E-state index is -3.00. The van der Waals surface area contributed by atoms with Gasteiger partial charge in [0.05, 0.1) is 32.5 Å². The van der Waals surface area contributed by atoms with Gasteiger partial charge < -0.3 is 29.1 Å². The van der Waals surface area contributed by atoms with Crippen LogP contribution >= 0.6 is 0 Å². The first kappa shape index (κ1) is 49.9. The summed E-state index contributed by atoms with van der Waals surface area (Å²) in [6.45, 7) is 14.8. The number of methoxy groups -OCH3 is 1. The molecule has 3 rings (SSSR count). The Morgan fingerprint density at radius 2 is 1.22 bits per heavy atom. The van der Waals surface area contributed by atoms with E-state index in [4.69, 9.17) is 18.6 Å². The van der Waals surface area contributed by atoms with Gasteiger partial charge in [0.25, 0.3) is 8.32 Å². The van der Waals surface area contributed by atoms with Crippen molar-refractivity contribution in [1.82, 2.24) is 5.32 Å². The Hall–Kier alpha value is -3.43. The Labute approximate surface area is 359 Å². The highest BCUT2D eigenvalue weighted by molar-refractivity contribution is 6.99. The van der Waals surface area contributed by atoms with Crippen molar-refractivity contribution in [2.45, 2.75) is 180 Å². The number of benzene rings is 3. The van der Waals surface area contributed by atoms with Gasteiger partial charge in [0.2, 0.25) is 0 Å². The molecule has 7 nitrogen and oxygen atoms in total. The Kier molecular flexibility index (Phi) is 22.6. The molecule has 0 fully saturated rings. The highest BCUT2D eigenvalue weighted by Gasteiger charge is 2.51. The average molecular weight is 830 g/mol. The van der Waals surface area contributed by atoms with E-state index >= 15 is 0 Å². The molecule has 1 amide bonds. The van der Waals surface area contributed by atoms with Crippen molar-refractivity contribution in [3.8, 4) is 5.75 Å². The van der Waals surface area contributed by atoms with Crippen LogP contribution in [0.2, 0.25) is 5.04 Å². The number of alkyl carbamates (subject to hydrolysis) is 1. The zero-order valence-corrected chi connectivity index (χ0v) is 39.0. The van der Waals surface area contributed by atoms with Crippen LogP contribution in [-0.2, 0) is 20.5 Å². The second-order valence-electron chi connectivity index (χ2n) is 18.1. The van der Waals surface area contributed by atoms with Crippen molar-refractivity contribution in [3.63, 3.8) is 0 Å². The largest absolute Gasteiger partial charge is 0.497 e. The van der Waals surface area contributed by atoms with Crippen LogP contribution in [0.25, 0.3) is 0 Å². The van der Waals surface area contributed by atoms with E-state index in [9.17, 15) is 9.90 Å². The number of hydrogen-bond donors (Lipinski definition) is 2. The van der Waals surface area contributed by atoms with Gasteiger partial charge in [-0.15, -0.1) is 0 Å². The molecule has 3 atom stereocenters. The maximum Gasteiger partial charge on any atom is 0.408 e. The molecule has 3 aromatic rings. The van der Waals surface area contributed by atoms with Crippen molar-refractivity contribution < 1.29 is 28.5 Å². The van der Waals surface area contributed by atoms with Crippen LogP contribution < -0.4 is 20.4 Å². The van der Waals surface area contributed by atoms with Crippen LogP contribution in [0.1, 0.15) is 150 Å². The molecule has 0 aliphatic rings. The number of amides is 1. The first-order valence-electron chi connectivity index (χ1n) is 22.6. The van der Waals surface area contributed by atoms with Gasteiger partial charge >= 0.3 is 6.09 Å². The van der Waals surface area contributed by atoms with Gasteiger partial charge in [-0.2, -0.15) is 0 Å². The summed E-state index contributed by atoms with van der Waals surface area (Å²) in [6, 6.07) is 27.9. The minimum Gasteiger partial charge on any atom is -0.497 e. The summed E-state index contributed by atoms with van der Waals surface area (Å²) in [6.07, 6.45) is 20.3. The number of unbranched alkanes of at least 4 members (excludes halogenated alkanes) is 12. The molecular weight excluding hydrogens is 751 g/mol. The third kappa shape index (κ3) is 18.0.